The van der Waals surface area contributed by atoms with Gasteiger partial charge >= 0.3 is 6.18 Å². The molecular formula is C15H19F3N3O3P. The number of halogens is 3. The average molecular weight is 377 g/mol. The van der Waals surface area contributed by atoms with Crippen molar-refractivity contribution >= 4 is 15.4 Å². The van der Waals surface area contributed by atoms with Crippen LogP contribution in [0, 0.1) is 5.92 Å². The number of carbonyl (C=O) groups excluding carboxylic acids is 1. The van der Waals surface area contributed by atoms with E-state index in [2.05, 4.69) is 0 Å². The number of alkyl halides is 3. The summed E-state index contributed by atoms with van der Waals surface area (Å²) in [6.45, 7) is 3.64. The van der Waals surface area contributed by atoms with E-state index in [4.69, 9.17) is 4.52 Å². The fraction of sp³-hybridized carbons (Fsp3) is 0.600. The fourth-order valence-corrected chi connectivity index (χ4v) is 3.84. The van der Waals surface area contributed by atoms with E-state index < -0.39 is 29.6 Å². The van der Waals surface area contributed by atoms with Crippen LogP contribution in [0.4, 0.5) is 13.2 Å². The van der Waals surface area contributed by atoms with Crippen LogP contribution < -0.4 is 15.0 Å². The second-order valence-electron chi connectivity index (χ2n) is 6.54. The Balaban J connectivity index is 2.13. The number of carbonyl (C=O) groups is 1. The van der Waals surface area contributed by atoms with E-state index in [0.717, 1.165) is 0 Å². The molecule has 1 unspecified atom stereocenters. The van der Waals surface area contributed by atoms with E-state index in [1.807, 2.05) is 23.3 Å². The van der Waals surface area contributed by atoms with Gasteiger partial charge in [0.25, 0.3) is 5.91 Å². The minimum absolute atomic E-state index is 0.0176. The first-order chi connectivity index (χ1) is 11.7. The molecule has 25 heavy (non-hydrogen) atoms. The van der Waals surface area contributed by atoms with Crippen molar-refractivity contribution in [2.24, 2.45) is 5.92 Å². The molecule has 0 spiro atoms. The molecule has 0 aliphatic carbocycles. The Hall–Kier alpha value is -1.76. The summed E-state index contributed by atoms with van der Waals surface area (Å²) in [7, 11) is 1.94. The largest absolute Gasteiger partial charge is 0.474 e. The lowest BCUT2D eigenvalue weighted by molar-refractivity contribution is -0.189. The highest BCUT2D eigenvalue weighted by Crippen LogP contribution is 2.40. The monoisotopic (exact) mass is 377 g/mol. The van der Waals surface area contributed by atoms with Crippen LogP contribution in [0.25, 0.3) is 0 Å². The van der Waals surface area contributed by atoms with Gasteiger partial charge in [0.2, 0.25) is 11.2 Å². The van der Waals surface area contributed by atoms with Gasteiger partial charge in [-0.2, -0.15) is 13.2 Å². The number of hydrogen-bond acceptors (Lipinski definition) is 4. The minimum atomic E-state index is -4.30. The number of nitrogens with zero attached hydrogens (tertiary/aromatic N) is 3. The Morgan fingerprint density at radius 1 is 1.32 bits per heavy atom. The first kappa shape index (κ1) is 18.0. The molecule has 0 aromatic carbocycles. The molecule has 3 atom stereocenters. The minimum Gasteiger partial charge on any atom is -0.474 e. The van der Waals surface area contributed by atoms with E-state index in [-0.39, 0.29) is 36.9 Å². The Morgan fingerprint density at radius 3 is 2.56 bits per heavy atom. The molecule has 6 nitrogen and oxygen atoms in total. The molecule has 1 saturated heterocycles. The molecule has 2 aliphatic heterocycles. The highest BCUT2D eigenvalue weighted by molar-refractivity contribution is 7.10. The predicted octanol–water partition coefficient (Wildman–Crippen LogP) is 2.12. The summed E-state index contributed by atoms with van der Waals surface area (Å²) in [4.78, 5) is 26.3. The Kier molecular flexibility index (Phi) is 4.47. The van der Waals surface area contributed by atoms with Crippen molar-refractivity contribution in [1.82, 2.24) is 9.58 Å². The molecule has 3 rings (SSSR count). The number of amides is 1. The quantitative estimate of drug-likeness (QED) is 0.741. The molecule has 138 valence electrons. The lowest BCUT2D eigenvalue weighted by atomic mass is 9.92. The van der Waals surface area contributed by atoms with Gasteiger partial charge in [0.05, 0.1) is 15.4 Å². The van der Waals surface area contributed by atoms with Crippen LogP contribution in [0.1, 0.15) is 37.2 Å². The number of fused-ring (bicyclic) bond motifs is 2. The molecule has 2 aliphatic rings. The Labute approximate surface area is 144 Å². The molecule has 0 N–H and O–H groups in total. The van der Waals surface area contributed by atoms with Crippen LogP contribution in [0.5, 0.6) is 5.75 Å². The number of piperidine rings is 1. The second kappa shape index (κ2) is 6.20. The third-order valence-corrected chi connectivity index (χ3v) is 4.97. The molecule has 0 saturated carbocycles. The van der Waals surface area contributed by atoms with E-state index in [9.17, 15) is 22.8 Å². The number of pyridine rings is 1. The Bertz CT molecular complexity index is 750. The van der Waals surface area contributed by atoms with Crippen molar-refractivity contribution in [3.63, 3.8) is 0 Å². The first-order valence-corrected chi connectivity index (χ1v) is 8.42. The topological polar surface area (TPSA) is 54.8 Å². The van der Waals surface area contributed by atoms with Crippen LogP contribution >= 0.6 is 9.47 Å². The summed E-state index contributed by atoms with van der Waals surface area (Å²) in [5.74, 6) is -2.07. The van der Waals surface area contributed by atoms with Crippen LogP contribution in [0.15, 0.2) is 17.1 Å². The van der Waals surface area contributed by atoms with Gasteiger partial charge in [-0.3, -0.25) is 19.3 Å². The van der Waals surface area contributed by atoms with Crippen molar-refractivity contribution < 1.29 is 22.5 Å². The summed E-state index contributed by atoms with van der Waals surface area (Å²) < 4.78 is 46.1. The molecule has 3 heterocycles. The maximum absolute atomic E-state index is 13.2. The number of aromatic nitrogens is 1. The standard InChI is InChI=1S/C15H19F3N3O3P/c1-8(2)21-11-7-9(15(16,17)18)3-5-19(11)14(23)12-13(24-25)10(22)4-6-20(12)21/h4,6,8-9,11H,3,5,7,25H2,1-2H3/t9-,11+/m0/s1. The summed E-state index contributed by atoms with van der Waals surface area (Å²) in [6, 6.07) is 1.05. The summed E-state index contributed by atoms with van der Waals surface area (Å²) >= 11 is 0. The van der Waals surface area contributed by atoms with Gasteiger partial charge in [-0.25, -0.2) is 0 Å². The lowest BCUT2D eigenvalue weighted by Crippen LogP contribution is -2.66. The van der Waals surface area contributed by atoms with Gasteiger partial charge < -0.3 is 9.42 Å². The highest BCUT2D eigenvalue weighted by Gasteiger charge is 2.50. The van der Waals surface area contributed by atoms with Gasteiger partial charge in [0.15, 0.2) is 5.69 Å². The average Bonchev–Trinajstić information content (AvgIpc) is 2.53. The van der Waals surface area contributed by atoms with Crippen molar-refractivity contribution in [2.75, 3.05) is 11.6 Å². The molecule has 1 amide bonds. The van der Waals surface area contributed by atoms with Gasteiger partial charge in [-0.15, -0.1) is 0 Å². The van der Waals surface area contributed by atoms with Gasteiger partial charge in [0.1, 0.15) is 6.17 Å². The van der Waals surface area contributed by atoms with Gasteiger partial charge in [-0.05, 0) is 26.7 Å². The third kappa shape index (κ3) is 2.88. The van der Waals surface area contributed by atoms with Crippen molar-refractivity contribution in [3.05, 3.63) is 28.2 Å². The third-order valence-electron chi connectivity index (χ3n) is 4.74. The SMILES string of the molecule is CC(C)N1[C@@H]2C[C@@H](C(F)(F)F)CCN2C(=O)c2c(OP)c(=O)ccn21. The predicted molar refractivity (Wildman–Crippen MR) is 88.0 cm³/mol. The maximum Gasteiger partial charge on any atom is 0.392 e. The van der Waals surface area contributed by atoms with Crippen molar-refractivity contribution in [2.45, 2.75) is 45.1 Å². The normalized spacial score (nSPS) is 23.6. The summed E-state index contributed by atoms with van der Waals surface area (Å²) in [6.07, 6.45) is -3.95. The number of hydrogen-bond donors (Lipinski definition) is 0. The van der Waals surface area contributed by atoms with Crippen LogP contribution in [0.2, 0.25) is 0 Å². The molecule has 0 radical (unpaired) electrons. The lowest BCUT2D eigenvalue weighted by Gasteiger charge is -2.52. The van der Waals surface area contributed by atoms with Crippen LogP contribution in [-0.2, 0) is 0 Å². The van der Waals surface area contributed by atoms with E-state index >= 15 is 0 Å². The first-order valence-electron chi connectivity index (χ1n) is 7.95. The Morgan fingerprint density at radius 2 is 2.00 bits per heavy atom. The number of rotatable bonds is 2. The molecule has 1 aromatic rings. The zero-order valence-corrected chi connectivity index (χ0v) is 14.9. The molecule has 10 heteroatoms. The van der Waals surface area contributed by atoms with E-state index in [1.165, 1.54) is 21.8 Å². The maximum atomic E-state index is 13.2. The molecular weight excluding hydrogens is 358 g/mol. The second-order valence-corrected chi connectivity index (χ2v) is 6.77. The van der Waals surface area contributed by atoms with Crippen molar-refractivity contribution in [3.8, 4) is 5.75 Å². The summed E-state index contributed by atoms with van der Waals surface area (Å²) in [5, 5.41) is 1.70. The molecule has 0 bridgehead atoms. The van der Waals surface area contributed by atoms with E-state index in [1.54, 1.807) is 5.01 Å². The highest BCUT2D eigenvalue weighted by atomic mass is 31.0. The van der Waals surface area contributed by atoms with Crippen LogP contribution in [0.3, 0.4) is 0 Å². The fourth-order valence-electron chi connectivity index (χ4n) is 3.61. The van der Waals surface area contributed by atoms with E-state index in [0.29, 0.717) is 0 Å². The molecule has 1 fully saturated rings. The van der Waals surface area contributed by atoms with Gasteiger partial charge in [0, 0.05) is 24.8 Å². The zero-order chi connectivity index (χ0) is 18.5. The zero-order valence-electron chi connectivity index (χ0n) is 13.8. The smallest absolute Gasteiger partial charge is 0.392 e. The van der Waals surface area contributed by atoms with Crippen molar-refractivity contribution in [1.29, 1.82) is 0 Å². The summed E-state index contributed by atoms with van der Waals surface area (Å²) in [5.41, 5.74) is -0.417. The molecule has 1 aromatic heterocycles. The van der Waals surface area contributed by atoms with Gasteiger partial charge in [-0.1, -0.05) is 0 Å². The van der Waals surface area contributed by atoms with Crippen LogP contribution in [-0.4, -0.2) is 40.4 Å².